The molecule has 1 saturated carbocycles. The number of carbonyl (C=O) groups excluding carboxylic acids is 1. The lowest BCUT2D eigenvalue weighted by molar-refractivity contribution is -0.116. The predicted molar refractivity (Wildman–Crippen MR) is 68.2 cm³/mol. The number of benzene rings is 1. The molecule has 2 rings (SSSR count). The van der Waals surface area contributed by atoms with Crippen molar-refractivity contribution in [2.24, 2.45) is 0 Å². The molecular formula is C14H17NO2. The molecule has 1 fully saturated rings. The Bertz CT molecular complexity index is 420. The molecule has 1 aromatic carbocycles. The molecule has 3 nitrogen and oxygen atoms in total. The number of nitrogens with one attached hydrogen (secondary N) is 1. The molecule has 0 aliphatic heterocycles. The van der Waals surface area contributed by atoms with Crippen LogP contribution in [0.5, 0.6) is 5.75 Å². The van der Waals surface area contributed by atoms with Crippen molar-refractivity contribution in [3.63, 3.8) is 0 Å². The minimum atomic E-state index is 0.275. The fourth-order valence-corrected chi connectivity index (χ4v) is 1.91. The van der Waals surface area contributed by atoms with Crippen molar-refractivity contribution in [3.05, 3.63) is 36.0 Å². The van der Waals surface area contributed by atoms with Gasteiger partial charge in [0.05, 0.1) is 7.11 Å². The zero-order valence-electron chi connectivity index (χ0n) is 10.0. The molecule has 1 aliphatic rings. The van der Waals surface area contributed by atoms with Gasteiger partial charge in [0.1, 0.15) is 5.75 Å². The van der Waals surface area contributed by atoms with Gasteiger partial charge in [0.2, 0.25) is 0 Å². The molecule has 0 amide bonds. The lowest BCUT2D eigenvalue weighted by Gasteiger charge is -2.12. The van der Waals surface area contributed by atoms with E-state index in [1.807, 2.05) is 30.5 Å². The van der Waals surface area contributed by atoms with Gasteiger partial charge in [-0.25, -0.2) is 0 Å². The van der Waals surface area contributed by atoms with Crippen LogP contribution in [0.4, 0.5) is 5.69 Å². The normalized spacial score (nSPS) is 18.2. The molecule has 90 valence electrons. The highest BCUT2D eigenvalue weighted by Gasteiger charge is 2.14. The van der Waals surface area contributed by atoms with Gasteiger partial charge in [0.15, 0.2) is 5.78 Å². The summed E-state index contributed by atoms with van der Waals surface area (Å²) in [6.07, 6.45) is 5.56. The van der Waals surface area contributed by atoms with Gasteiger partial charge >= 0.3 is 0 Å². The minimum Gasteiger partial charge on any atom is -0.497 e. The summed E-state index contributed by atoms with van der Waals surface area (Å²) in [5.41, 5.74) is 1.88. The van der Waals surface area contributed by atoms with Crippen molar-refractivity contribution in [2.45, 2.75) is 25.7 Å². The second kappa shape index (κ2) is 5.53. The smallest absolute Gasteiger partial charge is 0.160 e. The quantitative estimate of drug-likeness (QED) is 0.812. The van der Waals surface area contributed by atoms with E-state index in [4.69, 9.17) is 4.74 Å². The molecule has 1 aromatic rings. The van der Waals surface area contributed by atoms with E-state index in [-0.39, 0.29) is 5.78 Å². The number of ketones is 1. The third kappa shape index (κ3) is 3.09. The molecule has 17 heavy (non-hydrogen) atoms. The first-order chi connectivity index (χ1) is 8.29. The van der Waals surface area contributed by atoms with E-state index in [9.17, 15) is 4.79 Å². The fourth-order valence-electron chi connectivity index (χ4n) is 1.91. The number of Topliss-reactive ketones (excluding diaryl/α,β-unsaturated/α-hetero) is 1. The van der Waals surface area contributed by atoms with Gasteiger partial charge in [-0.15, -0.1) is 0 Å². The zero-order chi connectivity index (χ0) is 12.1. The van der Waals surface area contributed by atoms with Crippen LogP contribution in [0.1, 0.15) is 25.7 Å². The molecule has 3 heteroatoms. The lowest BCUT2D eigenvalue weighted by atomic mass is 9.94. The fraction of sp³-hybridized carbons (Fsp3) is 0.357. The Balaban J connectivity index is 2.00. The summed E-state index contributed by atoms with van der Waals surface area (Å²) in [5.74, 6) is 1.11. The Morgan fingerprint density at radius 1 is 1.18 bits per heavy atom. The lowest BCUT2D eigenvalue weighted by Crippen LogP contribution is -2.09. The Morgan fingerprint density at radius 3 is 2.53 bits per heavy atom. The number of carbonyl (C=O) groups is 1. The topological polar surface area (TPSA) is 38.3 Å². The van der Waals surface area contributed by atoms with E-state index >= 15 is 0 Å². The molecule has 0 spiro atoms. The maximum Gasteiger partial charge on any atom is 0.160 e. The van der Waals surface area contributed by atoms with Crippen molar-refractivity contribution >= 4 is 11.5 Å². The summed E-state index contributed by atoms with van der Waals surface area (Å²) in [4.78, 5) is 11.6. The summed E-state index contributed by atoms with van der Waals surface area (Å²) >= 11 is 0. The maximum absolute atomic E-state index is 11.6. The highest BCUT2D eigenvalue weighted by atomic mass is 16.5. The number of hydrogen-bond acceptors (Lipinski definition) is 3. The molecule has 0 saturated heterocycles. The third-order valence-electron chi connectivity index (χ3n) is 2.96. The van der Waals surface area contributed by atoms with E-state index in [0.29, 0.717) is 6.42 Å². The molecule has 0 unspecified atom stereocenters. The standard InChI is InChI=1S/C14H17NO2/c1-17-13-8-6-12(7-9-13)15-10-11-4-2-3-5-14(11)16/h6-10,15H,2-5H2,1H3/b11-10+. The summed E-state index contributed by atoms with van der Waals surface area (Å²) < 4.78 is 5.08. The van der Waals surface area contributed by atoms with Crippen LogP contribution in [0.2, 0.25) is 0 Å². The largest absolute Gasteiger partial charge is 0.497 e. The number of hydrogen-bond donors (Lipinski definition) is 1. The molecule has 0 heterocycles. The Hall–Kier alpha value is -1.77. The van der Waals surface area contributed by atoms with Crippen molar-refractivity contribution in [1.82, 2.24) is 0 Å². The molecule has 0 radical (unpaired) electrons. The van der Waals surface area contributed by atoms with E-state index < -0.39 is 0 Å². The predicted octanol–water partition coefficient (Wildman–Crippen LogP) is 3.13. The van der Waals surface area contributed by atoms with Crippen LogP contribution in [-0.2, 0) is 4.79 Å². The van der Waals surface area contributed by atoms with Gasteiger partial charge in [-0.2, -0.15) is 0 Å². The van der Waals surface area contributed by atoms with E-state index in [2.05, 4.69) is 5.32 Å². The van der Waals surface area contributed by atoms with Crippen molar-refractivity contribution < 1.29 is 9.53 Å². The molecule has 0 bridgehead atoms. The van der Waals surface area contributed by atoms with Crippen LogP contribution in [-0.4, -0.2) is 12.9 Å². The number of methoxy groups -OCH3 is 1. The van der Waals surface area contributed by atoms with Crippen molar-refractivity contribution in [1.29, 1.82) is 0 Å². The van der Waals surface area contributed by atoms with Gasteiger partial charge in [-0.1, -0.05) is 0 Å². The molecule has 0 atom stereocenters. The highest BCUT2D eigenvalue weighted by molar-refractivity contribution is 5.96. The Kier molecular flexibility index (Phi) is 3.81. The third-order valence-corrected chi connectivity index (χ3v) is 2.96. The molecule has 0 aromatic heterocycles. The Labute approximate surface area is 101 Å². The first-order valence-corrected chi connectivity index (χ1v) is 5.92. The summed E-state index contributed by atoms with van der Waals surface area (Å²) in [6, 6.07) is 7.65. The summed E-state index contributed by atoms with van der Waals surface area (Å²) in [7, 11) is 1.64. The average molecular weight is 231 g/mol. The van der Waals surface area contributed by atoms with Gasteiger partial charge in [0.25, 0.3) is 0 Å². The molecule has 1 aliphatic carbocycles. The van der Waals surface area contributed by atoms with Gasteiger partial charge < -0.3 is 10.1 Å². The zero-order valence-corrected chi connectivity index (χ0v) is 10.0. The van der Waals surface area contributed by atoms with Crippen LogP contribution in [0.25, 0.3) is 0 Å². The van der Waals surface area contributed by atoms with E-state index in [1.54, 1.807) is 7.11 Å². The second-order valence-corrected chi connectivity index (χ2v) is 4.17. The minimum absolute atomic E-state index is 0.275. The van der Waals surface area contributed by atoms with Gasteiger partial charge in [-0.05, 0) is 43.5 Å². The number of allylic oxidation sites excluding steroid dienone is 1. The second-order valence-electron chi connectivity index (χ2n) is 4.17. The maximum atomic E-state index is 11.6. The molecule has 1 N–H and O–H groups in total. The van der Waals surface area contributed by atoms with Crippen LogP contribution in [0.3, 0.4) is 0 Å². The SMILES string of the molecule is COc1ccc(N/C=C2\CCCCC2=O)cc1. The van der Waals surface area contributed by atoms with Crippen molar-refractivity contribution in [3.8, 4) is 5.75 Å². The molecular weight excluding hydrogens is 214 g/mol. The van der Waals surface area contributed by atoms with Crippen LogP contribution in [0.15, 0.2) is 36.0 Å². The summed E-state index contributed by atoms with van der Waals surface area (Å²) in [5, 5.41) is 3.16. The monoisotopic (exact) mass is 231 g/mol. The first-order valence-electron chi connectivity index (χ1n) is 5.92. The van der Waals surface area contributed by atoms with Gasteiger partial charge in [0, 0.05) is 23.9 Å². The average Bonchev–Trinajstić information content (AvgIpc) is 2.38. The highest BCUT2D eigenvalue weighted by Crippen LogP contribution is 2.20. The van der Waals surface area contributed by atoms with Crippen LogP contribution < -0.4 is 10.1 Å². The number of anilines is 1. The first kappa shape index (κ1) is 11.7. The Morgan fingerprint density at radius 2 is 1.88 bits per heavy atom. The van der Waals surface area contributed by atoms with Crippen LogP contribution >= 0.6 is 0 Å². The van der Waals surface area contributed by atoms with Crippen molar-refractivity contribution in [2.75, 3.05) is 12.4 Å². The number of rotatable bonds is 3. The van der Waals surface area contributed by atoms with E-state index in [0.717, 1.165) is 36.3 Å². The van der Waals surface area contributed by atoms with Crippen LogP contribution in [0, 0.1) is 0 Å². The van der Waals surface area contributed by atoms with Gasteiger partial charge in [-0.3, -0.25) is 4.79 Å². The summed E-state index contributed by atoms with van der Waals surface area (Å²) in [6.45, 7) is 0. The van der Waals surface area contributed by atoms with E-state index in [1.165, 1.54) is 0 Å². The number of ether oxygens (including phenoxy) is 1.